The van der Waals surface area contributed by atoms with Gasteiger partial charge >= 0.3 is 5.95 Å². The Balaban J connectivity index is 4.43. The molecular weight excluding hydrogens is 472 g/mol. The number of hydrogen-bond donors (Lipinski definition) is 0. The first-order chi connectivity index (χ1) is 18.8. The Bertz CT molecular complexity index is 477. The molecule has 0 rings (SSSR count). The van der Waals surface area contributed by atoms with Crippen molar-refractivity contribution in [1.29, 1.82) is 0 Å². The predicted octanol–water partition coefficient (Wildman–Crippen LogP) is 11.6. The van der Waals surface area contributed by atoms with Gasteiger partial charge in [-0.3, -0.25) is 0 Å². The summed E-state index contributed by atoms with van der Waals surface area (Å²) in [7, 11) is 0. The van der Waals surface area contributed by atoms with Crippen molar-refractivity contribution < 1.29 is 18.9 Å². The molecule has 0 saturated heterocycles. The lowest BCUT2D eigenvalue weighted by atomic mass is 10.1. The Morgan fingerprint density at radius 1 is 0.368 bits per heavy atom. The first-order valence-corrected chi connectivity index (χ1v) is 17.0. The molecule has 0 radical (unpaired) electrons. The maximum atomic E-state index is 6.22. The van der Waals surface area contributed by atoms with Crippen LogP contribution in [0, 0.1) is 0 Å². The van der Waals surface area contributed by atoms with Gasteiger partial charge in [0.1, 0.15) is 0 Å². The molecule has 0 atom stereocenters. The van der Waals surface area contributed by atoms with E-state index in [9.17, 15) is 0 Å². The fourth-order valence-corrected chi connectivity index (χ4v) is 4.63. The summed E-state index contributed by atoms with van der Waals surface area (Å²) >= 11 is 0. The average Bonchev–Trinajstić information content (AvgIpc) is 2.93. The van der Waals surface area contributed by atoms with Crippen LogP contribution < -0.4 is 0 Å². The van der Waals surface area contributed by atoms with E-state index in [0.717, 1.165) is 51.1 Å². The molecule has 228 valence electrons. The van der Waals surface area contributed by atoms with E-state index in [2.05, 4.69) is 27.7 Å². The Labute approximate surface area is 239 Å². The predicted molar refractivity (Wildman–Crippen MR) is 164 cm³/mol. The van der Waals surface area contributed by atoms with Crippen LogP contribution in [0.2, 0.25) is 0 Å². The first-order valence-electron chi connectivity index (χ1n) is 17.0. The van der Waals surface area contributed by atoms with Gasteiger partial charge in [0.25, 0.3) is 0 Å². The van der Waals surface area contributed by atoms with Crippen molar-refractivity contribution in [3.63, 3.8) is 0 Å². The third kappa shape index (κ3) is 26.7. The molecule has 0 aliphatic heterocycles. The highest BCUT2D eigenvalue weighted by molar-refractivity contribution is 4.95. The van der Waals surface area contributed by atoms with E-state index in [4.69, 9.17) is 18.9 Å². The molecule has 0 aromatic heterocycles. The zero-order chi connectivity index (χ0) is 27.8. The monoisotopic (exact) mass is 541 g/mol. The quantitative estimate of drug-likeness (QED) is 0.0483. The Hall–Kier alpha value is -0.900. The molecule has 0 N–H and O–H groups in total. The van der Waals surface area contributed by atoms with Crippen LogP contribution in [-0.4, -0.2) is 26.6 Å². The van der Waals surface area contributed by atoms with E-state index in [1.807, 2.05) is 0 Å². The van der Waals surface area contributed by atoms with Crippen LogP contribution in [0.3, 0.4) is 0 Å². The fraction of sp³-hybridized carbons (Fsp3) is 0.941. The Morgan fingerprint density at radius 2 is 0.763 bits per heavy atom. The van der Waals surface area contributed by atoms with Gasteiger partial charge in [-0.2, -0.15) is 0 Å². The van der Waals surface area contributed by atoms with Crippen molar-refractivity contribution in [2.24, 2.45) is 0 Å². The highest BCUT2D eigenvalue weighted by atomic mass is 16.7. The van der Waals surface area contributed by atoms with Crippen LogP contribution in [0.4, 0.5) is 0 Å². The number of unbranched alkanes of at least 4 members (excludes halogenated alkanes) is 19. The molecule has 4 heteroatoms. The molecule has 0 aromatic rings. The lowest BCUT2D eigenvalue weighted by Gasteiger charge is -2.18. The summed E-state index contributed by atoms with van der Waals surface area (Å²) in [4.78, 5) is 0. The minimum Gasteiger partial charge on any atom is -0.491 e. The van der Waals surface area contributed by atoms with Crippen molar-refractivity contribution in [3.05, 3.63) is 11.7 Å². The summed E-state index contributed by atoms with van der Waals surface area (Å²) in [6, 6.07) is 0. The number of hydrogen-bond acceptors (Lipinski definition) is 4. The molecule has 0 unspecified atom stereocenters. The number of allylic oxidation sites excluding steroid dienone is 1. The van der Waals surface area contributed by atoms with Crippen molar-refractivity contribution in [2.45, 2.75) is 182 Å². The van der Waals surface area contributed by atoms with E-state index < -0.39 is 0 Å². The number of ether oxygens (including phenoxy) is 4. The average molecular weight is 541 g/mol. The van der Waals surface area contributed by atoms with Gasteiger partial charge in [0.05, 0.1) is 19.8 Å². The molecule has 4 nitrogen and oxygen atoms in total. The largest absolute Gasteiger partial charge is 0.491 e. The Kier molecular flexibility index (Phi) is 31.5. The van der Waals surface area contributed by atoms with Crippen molar-refractivity contribution in [2.75, 3.05) is 26.6 Å². The van der Waals surface area contributed by atoms with Gasteiger partial charge in [-0.05, 0) is 25.7 Å². The van der Waals surface area contributed by atoms with Crippen LogP contribution in [-0.2, 0) is 18.9 Å². The van der Waals surface area contributed by atoms with Crippen LogP contribution in [0.25, 0.3) is 0 Å². The standard InChI is InChI=1S/C34H68O4/c1-5-9-12-15-18-21-22-25-29-35-32-38-34(37-31-27-24-20-17-14-11-7-3)33(28-8-4)36-30-26-23-19-16-13-10-6-2/h5-32H2,1-4H3. The Morgan fingerprint density at radius 3 is 1.21 bits per heavy atom. The van der Waals surface area contributed by atoms with Crippen molar-refractivity contribution in [3.8, 4) is 0 Å². The summed E-state index contributed by atoms with van der Waals surface area (Å²) in [6.45, 7) is 11.4. The van der Waals surface area contributed by atoms with E-state index >= 15 is 0 Å². The fourth-order valence-electron chi connectivity index (χ4n) is 4.63. The zero-order valence-corrected chi connectivity index (χ0v) is 26.4. The first kappa shape index (κ1) is 37.1. The lowest BCUT2D eigenvalue weighted by molar-refractivity contribution is -0.0845. The highest BCUT2D eigenvalue weighted by Gasteiger charge is 2.12. The topological polar surface area (TPSA) is 36.9 Å². The minimum atomic E-state index is 0.247. The molecule has 0 aliphatic rings. The van der Waals surface area contributed by atoms with Gasteiger partial charge in [0.15, 0.2) is 12.6 Å². The number of rotatable bonds is 32. The van der Waals surface area contributed by atoms with Crippen molar-refractivity contribution in [1.82, 2.24) is 0 Å². The summed E-state index contributed by atoms with van der Waals surface area (Å²) < 4.78 is 24.2. The SMILES string of the molecule is CCCCCCCCCCOCOC(OCCCCCCCCC)=C(CCC)OCCCCCCCCC. The van der Waals surface area contributed by atoms with Gasteiger partial charge in [-0.15, -0.1) is 0 Å². The second-order valence-electron chi connectivity index (χ2n) is 11.0. The van der Waals surface area contributed by atoms with Gasteiger partial charge < -0.3 is 18.9 Å². The molecule has 0 saturated carbocycles. The van der Waals surface area contributed by atoms with E-state index in [0.29, 0.717) is 12.6 Å². The zero-order valence-electron chi connectivity index (χ0n) is 26.4. The summed E-state index contributed by atoms with van der Waals surface area (Å²) in [5, 5.41) is 0. The molecule has 0 heterocycles. The van der Waals surface area contributed by atoms with Gasteiger partial charge in [0.2, 0.25) is 0 Å². The van der Waals surface area contributed by atoms with E-state index in [1.165, 1.54) is 122 Å². The molecule has 0 amide bonds. The lowest BCUT2D eigenvalue weighted by Crippen LogP contribution is -2.10. The van der Waals surface area contributed by atoms with Crippen LogP contribution >= 0.6 is 0 Å². The molecule has 38 heavy (non-hydrogen) atoms. The molecule has 0 bridgehead atoms. The smallest absolute Gasteiger partial charge is 0.321 e. The maximum absolute atomic E-state index is 6.22. The van der Waals surface area contributed by atoms with Gasteiger partial charge in [-0.25, -0.2) is 0 Å². The van der Waals surface area contributed by atoms with Gasteiger partial charge in [-0.1, -0.05) is 150 Å². The van der Waals surface area contributed by atoms with E-state index in [-0.39, 0.29) is 6.79 Å². The second-order valence-corrected chi connectivity index (χ2v) is 11.0. The second kappa shape index (κ2) is 32.3. The summed E-state index contributed by atoms with van der Waals surface area (Å²) in [6.07, 6.45) is 30.3. The molecule has 0 aliphatic carbocycles. The highest BCUT2D eigenvalue weighted by Crippen LogP contribution is 2.18. The van der Waals surface area contributed by atoms with E-state index in [1.54, 1.807) is 0 Å². The third-order valence-electron chi connectivity index (χ3n) is 7.13. The summed E-state index contributed by atoms with van der Waals surface area (Å²) in [5.74, 6) is 1.44. The maximum Gasteiger partial charge on any atom is 0.321 e. The molecular formula is C34H68O4. The van der Waals surface area contributed by atoms with Crippen LogP contribution in [0.5, 0.6) is 0 Å². The molecule has 0 fully saturated rings. The van der Waals surface area contributed by atoms with Gasteiger partial charge in [0, 0.05) is 6.42 Å². The molecule has 0 aromatic carbocycles. The molecule has 0 spiro atoms. The van der Waals surface area contributed by atoms with Crippen LogP contribution in [0.1, 0.15) is 182 Å². The normalized spacial score (nSPS) is 12.0. The van der Waals surface area contributed by atoms with Crippen LogP contribution in [0.15, 0.2) is 11.7 Å². The minimum absolute atomic E-state index is 0.247. The summed E-state index contributed by atoms with van der Waals surface area (Å²) in [5.41, 5.74) is 0. The van der Waals surface area contributed by atoms with Crippen molar-refractivity contribution >= 4 is 0 Å². The third-order valence-corrected chi connectivity index (χ3v) is 7.13.